The number of piperidine rings is 1. The summed E-state index contributed by atoms with van der Waals surface area (Å²) < 4.78 is 0. The molecular weight excluding hydrogens is 442 g/mol. The number of anilines is 2. The maximum absolute atomic E-state index is 13.0. The predicted octanol–water partition coefficient (Wildman–Crippen LogP) is 5.72. The zero-order valence-corrected chi connectivity index (χ0v) is 18.5. The number of hydrogen-bond acceptors (Lipinski definition) is 5. The number of benzene rings is 3. The molecule has 4 rings (SSSR count). The second-order valence-electron chi connectivity index (χ2n) is 7.85. The van der Waals surface area contributed by atoms with Crippen molar-refractivity contribution >= 4 is 40.4 Å². The van der Waals surface area contributed by atoms with Crippen LogP contribution < -0.4 is 10.2 Å². The number of nitrogens with zero attached hydrogens (tertiary/aromatic N) is 2. The van der Waals surface area contributed by atoms with Gasteiger partial charge in [-0.1, -0.05) is 41.9 Å². The van der Waals surface area contributed by atoms with Crippen LogP contribution in [0.1, 0.15) is 45.5 Å². The van der Waals surface area contributed by atoms with Gasteiger partial charge in [-0.3, -0.25) is 19.7 Å². The molecule has 0 unspecified atom stereocenters. The summed E-state index contributed by atoms with van der Waals surface area (Å²) in [5.74, 6) is -0.840. The zero-order valence-electron chi connectivity index (χ0n) is 17.8. The van der Waals surface area contributed by atoms with Crippen molar-refractivity contribution in [3.05, 3.63) is 98.6 Å². The van der Waals surface area contributed by atoms with Gasteiger partial charge in [0.1, 0.15) is 5.69 Å². The summed E-state index contributed by atoms with van der Waals surface area (Å²) in [4.78, 5) is 39.2. The van der Waals surface area contributed by atoms with Crippen LogP contribution in [0.25, 0.3) is 0 Å². The third kappa shape index (κ3) is 5.04. The van der Waals surface area contributed by atoms with E-state index < -0.39 is 10.8 Å². The lowest BCUT2D eigenvalue weighted by atomic mass is 10.0. The molecular formula is C25H22ClN3O4. The summed E-state index contributed by atoms with van der Waals surface area (Å²) >= 11 is 6.10. The second-order valence-corrected chi connectivity index (χ2v) is 8.28. The first kappa shape index (κ1) is 22.5. The second kappa shape index (κ2) is 9.83. The Hall–Kier alpha value is -3.71. The predicted molar refractivity (Wildman–Crippen MR) is 128 cm³/mol. The molecule has 0 aliphatic carbocycles. The summed E-state index contributed by atoms with van der Waals surface area (Å²) in [6.07, 6.45) is 3.07. The maximum atomic E-state index is 13.0. The van der Waals surface area contributed by atoms with Crippen LogP contribution in [0.3, 0.4) is 0 Å². The van der Waals surface area contributed by atoms with Gasteiger partial charge < -0.3 is 10.2 Å². The van der Waals surface area contributed by atoms with Crippen molar-refractivity contribution in [1.82, 2.24) is 0 Å². The fraction of sp³-hybridized carbons (Fsp3) is 0.200. The van der Waals surface area contributed by atoms with E-state index in [2.05, 4.69) is 5.32 Å². The van der Waals surface area contributed by atoms with E-state index in [0.717, 1.165) is 32.4 Å². The minimum atomic E-state index is -0.548. The Morgan fingerprint density at radius 1 is 0.909 bits per heavy atom. The number of nitro groups is 1. The zero-order chi connectivity index (χ0) is 23.4. The molecule has 0 radical (unpaired) electrons. The number of carbonyl (C=O) groups excluding carboxylic acids is 2. The lowest BCUT2D eigenvalue weighted by Crippen LogP contribution is -2.30. The molecule has 0 aromatic heterocycles. The fourth-order valence-corrected chi connectivity index (χ4v) is 4.14. The van der Waals surface area contributed by atoms with E-state index >= 15 is 0 Å². The number of carbonyl (C=O) groups is 2. The first-order valence-electron chi connectivity index (χ1n) is 10.7. The molecule has 1 heterocycles. The first-order chi connectivity index (χ1) is 15.9. The topological polar surface area (TPSA) is 92.6 Å². The van der Waals surface area contributed by atoms with Gasteiger partial charge in [-0.15, -0.1) is 0 Å². The Kier molecular flexibility index (Phi) is 6.70. The normalized spacial score (nSPS) is 13.4. The molecule has 168 valence electrons. The number of ketones is 1. The molecule has 3 aromatic rings. The van der Waals surface area contributed by atoms with Crippen molar-refractivity contribution in [1.29, 1.82) is 0 Å². The lowest BCUT2D eigenvalue weighted by Gasteiger charge is -2.28. The highest BCUT2D eigenvalue weighted by Gasteiger charge is 2.24. The Balaban J connectivity index is 1.63. The van der Waals surface area contributed by atoms with Gasteiger partial charge in [0, 0.05) is 40.9 Å². The van der Waals surface area contributed by atoms with Gasteiger partial charge in [0.15, 0.2) is 5.78 Å². The van der Waals surface area contributed by atoms with Gasteiger partial charge in [0.05, 0.1) is 10.6 Å². The molecule has 0 atom stereocenters. The minimum absolute atomic E-state index is 0.110. The van der Waals surface area contributed by atoms with E-state index in [0.29, 0.717) is 16.3 Å². The smallest absolute Gasteiger partial charge is 0.293 e. The van der Waals surface area contributed by atoms with Crippen LogP contribution in [0.2, 0.25) is 5.02 Å². The van der Waals surface area contributed by atoms with Crippen molar-refractivity contribution in [2.45, 2.75) is 19.3 Å². The maximum Gasteiger partial charge on any atom is 0.293 e. The van der Waals surface area contributed by atoms with Crippen LogP contribution >= 0.6 is 11.6 Å². The lowest BCUT2D eigenvalue weighted by molar-refractivity contribution is -0.384. The summed E-state index contributed by atoms with van der Waals surface area (Å²) in [6, 6.07) is 17.7. The highest BCUT2D eigenvalue weighted by atomic mass is 35.5. The largest absolute Gasteiger partial charge is 0.366 e. The van der Waals surface area contributed by atoms with E-state index in [9.17, 15) is 19.7 Å². The standard InChI is InChI=1S/C25H22ClN3O4/c26-19-10-11-21(20(16-19)24(30)17-7-3-1-4-8-17)27-25(31)18-9-12-22(23(15-18)29(32)33)28-13-5-2-6-14-28/h1,3-4,7-12,15-16H,2,5-6,13-14H2,(H,27,31). The first-order valence-corrected chi connectivity index (χ1v) is 11.1. The summed E-state index contributed by atoms with van der Waals surface area (Å²) in [5.41, 5.74) is 1.51. The minimum Gasteiger partial charge on any atom is -0.366 e. The monoisotopic (exact) mass is 463 g/mol. The molecule has 1 N–H and O–H groups in total. The highest BCUT2D eigenvalue weighted by molar-refractivity contribution is 6.31. The van der Waals surface area contributed by atoms with Gasteiger partial charge in [-0.2, -0.15) is 0 Å². The van der Waals surface area contributed by atoms with Crippen molar-refractivity contribution < 1.29 is 14.5 Å². The van der Waals surface area contributed by atoms with Crippen LogP contribution in [-0.2, 0) is 0 Å². The highest BCUT2D eigenvalue weighted by Crippen LogP contribution is 2.32. The molecule has 1 aliphatic heterocycles. The summed E-state index contributed by atoms with van der Waals surface area (Å²) in [5, 5.41) is 14.8. The van der Waals surface area contributed by atoms with Crippen molar-refractivity contribution in [3.63, 3.8) is 0 Å². The van der Waals surface area contributed by atoms with Crippen LogP contribution in [0.4, 0.5) is 17.1 Å². The van der Waals surface area contributed by atoms with E-state index in [1.54, 1.807) is 54.6 Å². The van der Waals surface area contributed by atoms with Crippen molar-refractivity contribution in [3.8, 4) is 0 Å². The Morgan fingerprint density at radius 2 is 1.64 bits per heavy atom. The molecule has 3 aromatic carbocycles. The van der Waals surface area contributed by atoms with Crippen LogP contribution in [-0.4, -0.2) is 29.7 Å². The molecule has 0 bridgehead atoms. The molecule has 7 nitrogen and oxygen atoms in total. The molecule has 1 saturated heterocycles. The number of amides is 1. The van der Waals surface area contributed by atoms with Crippen LogP contribution in [0, 0.1) is 10.1 Å². The number of rotatable bonds is 6. The van der Waals surface area contributed by atoms with Gasteiger partial charge in [0.2, 0.25) is 0 Å². The number of nitro benzene ring substituents is 1. The molecule has 1 amide bonds. The van der Waals surface area contributed by atoms with Crippen LogP contribution in [0.5, 0.6) is 0 Å². The Labute approximate surface area is 196 Å². The van der Waals surface area contributed by atoms with Gasteiger partial charge in [-0.25, -0.2) is 0 Å². The van der Waals surface area contributed by atoms with Crippen LogP contribution in [0.15, 0.2) is 66.7 Å². The molecule has 1 aliphatic rings. The Bertz CT molecular complexity index is 1210. The SMILES string of the molecule is O=C(Nc1ccc(Cl)cc1C(=O)c1ccccc1)c1ccc(N2CCCCC2)c([N+](=O)[O-])c1. The molecule has 1 fully saturated rings. The molecule has 33 heavy (non-hydrogen) atoms. The molecule has 0 spiro atoms. The van der Waals surface area contributed by atoms with E-state index in [-0.39, 0.29) is 28.3 Å². The van der Waals surface area contributed by atoms with Crippen molar-refractivity contribution in [2.75, 3.05) is 23.3 Å². The van der Waals surface area contributed by atoms with E-state index in [4.69, 9.17) is 11.6 Å². The van der Waals surface area contributed by atoms with E-state index in [1.807, 2.05) is 4.90 Å². The molecule has 8 heteroatoms. The van der Waals surface area contributed by atoms with Crippen molar-refractivity contribution in [2.24, 2.45) is 0 Å². The van der Waals surface area contributed by atoms with Gasteiger partial charge in [0.25, 0.3) is 11.6 Å². The third-order valence-corrected chi connectivity index (χ3v) is 5.88. The number of halogens is 1. The third-order valence-electron chi connectivity index (χ3n) is 5.64. The number of nitrogens with one attached hydrogen (secondary N) is 1. The summed E-state index contributed by atoms with van der Waals surface area (Å²) in [7, 11) is 0. The number of hydrogen-bond donors (Lipinski definition) is 1. The quantitative estimate of drug-likeness (QED) is 0.286. The summed E-state index contributed by atoms with van der Waals surface area (Å²) in [6.45, 7) is 1.50. The average molecular weight is 464 g/mol. The average Bonchev–Trinajstić information content (AvgIpc) is 2.85. The molecule has 0 saturated carbocycles. The van der Waals surface area contributed by atoms with E-state index in [1.165, 1.54) is 12.1 Å². The Morgan fingerprint density at radius 3 is 2.33 bits per heavy atom. The van der Waals surface area contributed by atoms with Gasteiger partial charge in [-0.05, 0) is 49.6 Å². The van der Waals surface area contributed by atoms with Gasteiger partial charge >= 0.3 is 0 Å². The fourth-order valence-electron chi connectivity index (χ4n) is 3.97.